The van der Waals surface area contributed by atoms with Crippen LogP contribution in [0.3, 0.4) is 0 Å². The standard InChI is InChI=1S/C12H19N4O4P/c17-10-7-13-8-14-12-11(10)15-9-16(12)5-3-1-2-4-6-21(18,19)20/h8-9H,1-7H2,(H,13,14)(H2,18,19,20). The molecule has 0 saturated heterocycles. The Hall–Kier alpha value is -1.50. The van der Waals surface area contributed by atoms with Crippen molar-refractivity contribution < 1.29 is 19.1 Å². The molecule has 0 fully saturated rings. The van der Waals surface area contributed by atoms with E-state index in [0.717, 1.165) is 19.3 Å². The normalized spacial score (nSPS) is 14.7. The van der Waals surface area contributed by atoms with E-state index in [2.05, 4.69) is 15.3 Å². The molecule has 8 nitrogen and oxygen atoms in total. The summed E-state index contributed by atoms with van der Waals surface area (Å²) in [6, 6.07) is 0. The van der Waals surface area contributed by atoms with E-state index in [4.69, 9.17) is 9.79 Å². The average molecular weight is 314 g/mol. The van der Waals surface area contributed by atoms with Gasteiger partial charge in [-0.05, 0) is 12.8 Å². The summed E-state index contributed by atoms with van der Waals surface area (Å²) in [6.07, 6.45) is 6.10. The van der Waals surface area contributed by atoms with E-state index < -0.39 is 7.60 Å². The monoisotopic (exact) mass is 314 g/mol. The summed E-state index contributed by atoms with van der Waals surface area (Å²) in [5.41, 5.74) is 0.411. The predicted molar refractivity (Wildman–Crippen MR) is 78.9 cm³/mol. The van der Waals surface area contributed by atoms with Crippen molar-refractivity contribution >= 4 is 25.5 Å². The lowest BCUT2D eigenvalue weighted by atomic mass is 10.2. The number of carbonyl (C=O) groups is 1. The highest BCUT2D eigenvalue weighted by Crippen LogP contribution is 2.35. The Kier molecular flexibility index (Phi) is 5.27. The Labute approximate surface area is 122 Å². The van der Waals surface area contributed by atoms with E-state index in [0.29, 0.717) is 24.5 Å². The lowest BCUT2D eigenvalue weighted by Crippen LogP contribution is -2.07. The second kappa shape index (κ2) is 6.98. The molecule has 3 N–H and O–H groups in total. The number of unbranched alkanes of at least 4 members (excludes halogenated alkanes) is 3. The van der Waals surface area contributed by atoms with E-state index in [1.807, 2.05) is 4.57 Å². The van der Waals surface area contributed by atoms with E-state index in [-0.39, 0.29) is 18.5 Å². The van der Waals surface area contributed by atoms with Gasteiger partial charge in [0.1, 0.15) is 12.4 Å². The summed E-state index contributed by atoms with van der Waals surface area (Å²) >= 11 is 0. The zero-order valence-electron chi connectivity index (χ0n) is 11.6. The van der Waals surface area contributed by atoms with Crippen LogP contribution >= 0.6 is 7.60 Å². The van der Waals surface area contributed by atoms with E-state index >= 15 is 0 Å². The molecule has 21 heavy (non-hydrogen) atoms. The number of anilines is 1. The Balaban J connectivity index is 1.78. The quantitative estimate of drug-likeness (QED) is 0.515. The Morgan fingerprint density at radius 2 is 2.05 bits per heavy atom. The molecular weight excluding hydrogens is 295 g/mol. The summed E-state index contributed by atoms with van der Waals surface area (Å²) < 4.78 is 12.6. The van der Waals surface area contributed by atoms with Crippen LogP contribution in [0.4, 0.5) is 5.82 Å². The van der Waals surface area contributed by atoms with Crippen LogP contribution in [0.2, 0.25) is 0 Å². The van der Waals surface area contributed by atoms with Crippen molar-refractivity contribution in [1.82, 2.24) is 9.55 Å². The zero-order chi connectivity index (χ0) is 15.3. The highest BCUT2D eigenvalue weighted by Gasteiger charge is 2.18. The molecule has 2 rings (SSSR count). The molecule has 116 valence electrons. The van der Waals surface area contributed by atoms with Crippen molar-refractivity contribution in [3.05, 3.63) is 12.0 Å². The molecule has 0 spiro atoms. The number of fused-ring (bicyclic) bond motifs is 1. The van der Waals surface area contributed by atoms with Crippen LogP contribution in [0, 0.1) is 0 Å². The van der Waals surface area contributed by atoms with Gasteiger partial charge in [-0.3, -0.25) is 14.4 Å². The number of nitrogens with one attached hydrogen (secondary N) is 1. The molecule has 0 atom stereocenters. The van der Waals surface area contributed by atoms with Crippen LogP contribution in [-0.2, 0) is 11.1 Å². The molecule has 0 amide bonds. The van der Waals surface area contributed by atoms with Crippen LogP contribution in [-0.4, -0.2) is 44.2 Å². The highest BCUT2D eigenvalue weighted by molar-refractivity contribution is 7.51. The van der Waals surface area contributed by atoms with Gasteiger partial charge in [-0.15, -0.1) is 0 Å². The third-order valence-electron chi connectivity index (χ3n) is 3.23. The van der Waals surface area contributed by atoms with Gasteiger partial charge in [0.15, 0.2) is 5.69 Å². The molecule has 1 aromatic rings. The van der Waals surface area contributed by atoms with Crippen molar-refractivity contribution in [3.8, 4) is 0 Å². The lowest BCUT2D eigenvalue weighted by Gasteiger charge is -2.08. The third-order valence-corrected chi connectivity index (χ3v) is 4.13. The van der Waals surface area contributed by atoms with Crippen LogP contribution in [0.5, 0.6) is 0 Å². The largest absolute Gasteiger partial charge is 0.331 e. The Bertz CT molecular complexity index is 578. The number of Topliss-reactive ketones (excluding diaryl/α,β-unsaturated/α-hetero) is 1. The van der Waals surface area contributed by atoms with E-state index in [1.54, 1.807) is 6.33 Å². The topological polar surface area (TPSA) is 117 Å². The van der Waals surface area contributed by atoms with Gasteiger partial charge in [-0.2, -0.15) is 0 Å². The fraction of sp³-hybridized carbons (Fsp3) is 0.583. The molecule has 0 bridgehead atoms. The first-order valence-electron chi connectivity index (χ1n) is 6.85. The van der Waals surface area contributed by atoms with Gasteiger partial charge in [-0.25, -0.2) is 4.98 Å². The predicted octanol–water partition coefficient (Wildman–Crippen LogP) is 1.26. The van der Waals surface area contributed by atoms with Gasteiger partial charge in [0, 0.05) is 12.7 Å². The van der Waals surface area contributed by atoms with Crippen molar-refractivity contribution in [1.29, 1.82) is 0 Å². The molecular formula is C12H19N4O4P. The Morgan fingerprint density at radius 1 is 1.29 bits per heavy atom. The second-order valence-electron chi connectivity index (χ2n) is 4.97. The van der Waals surface area contributed by atoms with Crippen LogP contribution in [0.15, 0.2) is 11.3 Å². The van der Waals surface area contributed by atoms with Gasteiger partial charge < -0.3 is 19.7 Å². The molecule has 9 heteroatoms. The molecule has 2 heterocycles. The van der Waals surface area contributed by atoms with Crippen LogP contribution in [0.25, 0.3) is 0 Å². The summed E-state index contributed by atoms with van der Waals surface area (Å²) in [4.78, 5) is 37.3. The number of imidazole rings is 1. The molecule has 0 unspecified atom stereocenters. The van der Waals surface area contributed by atoms with Crippen molar-refractivity contribution in [2.45, 2.75) is 32.2 Å². The van der Waals surface area contributed by atoms with Gasteiger partial charge in [-0.1, -0.05) is 12.8 Å². The number of ketones is 1. The lowest BCUT2D eigenvalue weighted by molar-refractivity contribution is 0.0999. The highest BCUT2D eigenvalue weighted by atomic mass is 31.2. The molecule has 0 saturated carbocycles. The number of aromatic nitrogens is 2. The second-order valence-corrected chi connectivity index (χ2v) is 6.75. The smallest absolute Gasteiger partial charge is 0.325 e. The SMILES string of the molecule is O=C1CN=CNc2c1ncn2CCCCCCP(=O)(O)O. The average Bonchev–Trinajstić information content (AvgIpc) is 2.71. The molecule has 0 radical (unpaired) electrons. The maximum atomic E-state index is 11.7. The first-order valence-corrected chi connectivity index (χ1v) is 8.65. The van der Waals surface area contributed by atoms with E-state index in [1.165, 1.54) is 6.34 Å². The molecule has 1 aliphatic heterocycles. The number of rotatable bonds is 7. The van der Waals surface area contributed by atoms with Crippen molar-refractivity contribution in [2.24, 2.45) is 4.99 Å². The minimum Gasteiger partial charge on any atom is -0.331 e. The first kappa shape index (κ1) is 15.9. The van der Waals surface area contributed by atoms with Crippen molar-refractivity contribution in [2.75, 3.05) is 18.0 Å². The van der Waals surface area contributed by atoms with Crippen molar-refractivity contribution in [3.63, 3.8) is 0 Å². The van der Waals surface area contributed by atoms with Gasteiger partial charge in [0.25, 0.3) is 0 Å². The number of aryl methyl sites for hydroxylation is 1. The van der Waals surface area contributed by atoms with Gasteiger partial charge in [0.2, 0.25) is 5.78 Å². The fourth-order valence-electron chi connectivity index (χ4n) is 2.17. The fourth-order valence-corrected chi connectivity index (χ4v) is 2.81. The van der Waals surface area contributed by atoms with E-state index in [9.17, 15) is 9.36 Å². The summed E-state index contributed by atoms with van der Waals surface area (Å²) in [6.45, 7) is 0.811. The summed E-state index contributed by atoms with van der Waals surface area (Å²) in [5.74, 6) is 0.558. The summed E-state index contributed by atoms with van der Waals surface area (Å²) in [5, 5.41) is 2.96. The number of aliphatic imine (C=N–C) groups is 1. The molecule has 1 aromatic heterocycles. The first-order chi connectivity index (χ1) is 9.97. The number of hydrogen-bond acceptors (Lipinski definition) is 5. The summed E-state index contributed by atoms with van der Waals surface area (Å²) in [7, 11) is -3.87. The van der Waals surface area contributed by atoms with Gasteiger partial charge >= 0.3 is 7.60 Å². The maximum absolute atomic E-state index is 11.7. The van der Waals surface area contributed by atoms with Crippen LogP contribution in [0.1, 0.15) is 36.2 Å². The number of nitrogens with zero attached hydrogens (tertiary/aromatic N) is 3. The zero-order valence-corrected chi connectivity index (χ0v) is 12.5. The molecule has 0 aromatic carbocycles. The minimum absolute atomic E-state index is 0.0556. The van der Waals surface area contributed by atoms with Crippen LogP contribution < -0.4 is 5.32 Å². The maximum Gasteiger partial charge on any atom is 0.325 e. The number of carbonyl (C=O) groups excluding carboxylic acids is 1. The van der Waals surface area contributed by atoms with Gasteiger partial charge in [0.05, 0.1) is 12.7 Å². The third kappa shape index (κ3) is 4.77. The number of hydrogen-bond donors (Lipinski definition) is 3. The molecule has 0 aliphatic carbocycles. The molecule has 1 aliphatic rings. The Morgan fingerprint density at radius 3 is 2.81 bits per heavy atom. The minimum atomic E-state index is -3.87.